The van der Waals surface area contributed by atoms with Crippen molar-refractivity contribution in [2.24, 2.45) is 0 Å². The lowest BCUT2D eigenvalue weighted by molar-refractivity contribution is 0.660. The fourth-order valence-electron chi connectivity index (χ4n) is 8.05. The van der Waals surface area contributed by atoms with Crippen molar-refractivity contribution in [3.05, 3.63) is 181 Å². The van der Waals surface area contributed by atoms with Crippen LogP contribution in [0.2, 0.25) is 0 Å². The van der Waals surface area contributed by atoms with E-state index in [0.29, 0.717) is 0 Å². The molecule has 0 saturated heterocycles. The highest BCUT2D eigenvalue weighted by molar-refractivity contribution is 5.96. The summed E-state index contributed by atoms with van der Waals surface area (Å²) in [5, 5.41) is 1.04. The van der Waals surface area contributed by atoms with Crippen molar-refractivity contribution in [3.63, 3.8) is 0 Å². The first-order valence-electron chi connectivity index (χ1n) is 17.8. The summed E-state index contributed by atoms with van der Waals surface area (Å²) in [5.74, 6) is 1.67. The van der Waals surface area contributed by atoms with Gasteiger partial charge in [0.05, 0.1) is 22.2 Å². The van der Waals surface area contributed by atoms with Gasteiger partial charge in [0.25, 0.3) is 0 Å². The van der Waals surface area contributed by atoms with E-state index in [0.717, 1.165) is 72.8 Å². The molecule has 0 atom stereocenters. The van der Waals surface area contributed by atoms with Gasteiger partial charge in [-0.15, -0.1) is 0 Å². The van der Waals surface area contributed by atoms with Gasteiger partial charge in [-0.05, 0) is 75.8 Å². The molecule has 2 heterocycles. The zero-order chi connectivity index (χ0) is 34.8. The Kier molecular flexibility index (Phi) is 6.80. The van der Waals surface area contributed by atoms with Crippen LogP contribution < -0.4 is 0 Å². The van der Waals surface area contributed by atoms with Gasteiger partial charge in [-0.1, -0.05) is 141 Å². The van der Waals surface area contributed by atoms with Crippen LogP contribution in [0.4, 0.5) is 0 Å². The largest absolute Gasteiger partial charge is 0.292 e. The standard InChI is InChI=1S/C48H34N4/c1-48(2)40-29-32(45-39-21-11-12-22-42(39)49-46(51-45)38-20-10-9-19-35(38)31-15-5-3-6-16-31)25-27-36(40)37-28-26-33(30-41(37)48)47-50-43-23-13-14-24-44(43)52(47)34-17-7-4-8-18-34/h3-30H,1-2H3. The Bertz CT molecular complexity index is 2810. The minimum Gasteiger partial charge on any atom is -0.292 e. The van der Waals surface area contributed by atoms with E-state index in [1.165, 1.54) is 22.3 Å². The van der Waals surface area contributed by atoms with E-state index in [4.69, 9.17) is 15.0 Å². The molecule has 2 aromatic heterocycles. The van der Waals surface area contributed by atoms with Crippen LogP contribution >= 0.6 is 0 Å². The predicted octanol–water partition coefficient (Wildman–Crippen LogP) is 11.9. The van der Waals surface area contributed by atoms with Crippen LogP contribution in [0.5, 0.6) is 0 Å². The summed E-state index contributed by atoms with van der Waals surface area (Å²) >= 11 is 0. The summed E-state index contributed by atoms with van der Waals surface area (Å²) in [7, 11) is 0. The Hall–Kier alpha value is -6.65. The Morgan fingerprint density at radius 3 is 1.81 bits per heavy atom. The first kappa shape index (κ1) is 30.2. The molecular formula is C48H34N4. The molecule has 10 rings (SSSR count). The molecule has 0 fully saturated rings. The fraction of sp³-hybridized carbons (Fsp3) is 0.0625. The van der Waals surface area contributed by atoms with E-state index in [2.05, 4.69) is 182 Å². The molecule has 4 nitrogen and oxygen atoms in total. The van der Waals surface area contributed by atoms with Crippen molar-refractivity contribution in [1.82, 2.24) is 19.5 Å². The van der Waals surface area contributed by atoms with Crippen LogP contribution in [0.15, 0.2) is 170 Å². The average Bonchev–Trinajstić information content (AvgIpc) is 3.70. The second kappa shape index (κ2) is 11.7. The monoisotopic (exact) mass is 666 g/mol. The molecule has 0 unspecified atom stereocenters. The molecule has 0 N–H and O–H groups in total. The Morgan fingerprint density at radius 2 is 1.04 bits per heavy atom. The SMILES string of the molecule is CC1(C)c2cc(-c3nc(-c4ccccc4-c4ccccc4)nc4ccccc34)ccc2-c2ccc(-c3nc4ccccc4n3-c3ccccc3)cc21. The van der Waals surface area contributed by atoms with Crippen LogP contribution in [0.3, 0.4) is 0 Å². The quantitative estimate of drug-likeness (QED) is 0.184. The van der Waals surface area contributed by atoms with E-state index in [9.17, 15) is 0 Å². The molecule has 0 spiro atoms. The zero-order valence-electron chi connectivity index (χ0n) is 29.0. The molecule has 1 aliphatic carbocycles. The predicted molar refractivity (Wildman–Crippen MR) is 213 cm³/mol. The summed E-state index contributed by atoms with van der Waals surface area (Å²) in [6.45, 7) is 4.68. The summed E-state index contributed by atoms with van der Waals surface area (Å²) < 4.78 is 2.28. The number of fused-ring (bicyclic) bond motifs is 5. The Balaban J connectivity index is 1.10. The maximum Gasteiger partial charge on any atom is 0.161 e. The normalized spacial score (nSPS) is 13.0. The number of rotatable bonds is 5. The van der Waals surface area contributed by atoms with Crippen molar-refractivity contribution in [3.8, 4) is 62.0 Å². The zero-order valence-corrected chi connectivity index (χ0v) is 29.0. The highest BCUT2D eigenvalue weighted by Gasteiger charge is 2.36. The molecule has 9 aromatic rings. The van der Waals surface area contributed by atoms with Gasteiger partial charge in [0.15, 0.2) is 5.82 Å². The third-order valence-corrected chi connectivity index (χ3v) is 10.6. The van der Waals surface area contributed by atoms with Crippen LogP contribution in [0.25, 0.3) is 83.9 Å². The Labute approximate surface area is 302 Å². The maximum atomic E-state index is 5.34. The second-order valence-electron chi connectivity index (χ2n) is 14.1. The van der Waals surface area contributed by atoms with E-state index < -0.39 is 0 Å². The van der Waals surface area contributed by atoms with Crippen molar-refractivity contribution in [1.29, 1.82) is 0 Å². The van der Waals surface area contributed by atoms with E-state index in [1.54, 1.807) is 0 Å². The first-order valence-corrected chi connectivity index (χ1v) is 17.8. The molecule has 0 saturated carbocycles. The third kappa shape index (κ3) is 4.72. The van der Waals surface area contributed by atoms with Crippen molar-refractivity contribution in [2.75, 3.05) is 0 Å². The van der Waals surface area contributed by atoms with Crippen LogP contribution in [-0.4, -0.2) is 19.5 Å². The highest BCUT2D eigenvalue weighted by atomic mass is 15.1. The lowest BCUT2D eigenvalue weighted by atomic mass is 9.81. The summed E-state index contributed by atoms with van der Waals surface area (Å²) in [6, 6.07) is 59.9. The number of benzene rings is 7. The van der Waals surface area contributed by atoms with Gasteiger partial charge in [0.1, 0.15) is 5.82 Å². The van der Waals surface area contributed by atoms with Gasteiger partial charge in [-0.2, -0.15) is 0 Å². The topological polar surface area (TPSA) is 43.6 Å². The summed E-state index contributed by atoms with van der Waals surface area (Å²) in [4.78, 5) is 15.6. The summed E-state index contributed by atoms with van der Waals surface area (Å²) in [6.07, 6.45) is 0. The summed E-state index contributed by atoms with van der Waals surface area (Å²) in [5.41, 5.74) is 15.4. The number of aromatic nitrogens is 4. The lowest BCUT2D eigenvalue weighted by Gasteiger charge is -2.23. The minimum atomic E-state index is -0.244. The number of hydrogen-bond acceptors (Lipinski definition) is 3. The molecule has 52 heavy (non-hydrogen) atoms. The minimum absolute atomic E-state index is 0.244. The van der Waals surface area contributed by atoms with Crippen LogP contribution in [0.1, 0.15) is 25.0 Å². The van der Waals surface area contributed by atoms with E-state index in [1.807, 2.05) is 6.07 Å². The Morgan fingerprint density at radius 1 is 0.442 bits per heavy atom. The van der Waals surface area contributed by atoms with E-state index in [-0.39, 0.29) is 5.41 Å². The smallest absolute Gasteiger partial charge is 0.161 e. The van der Waals surface area contributed by atoms with Gasteiger partial charge < -0.3 is 0 Å². The first-order chi connectivity index (χ1) is 25.5. The molecule has 0 bridgehead atoms. The molecule has 0 radical (unpaired) electrons. The number of nitrogens with zero attached hydrogens (tertiary/aromatic N) is 4. The van der Waals surface area contributed by atoms with Crippen LogP contribution in [-0.2, 0) is 5.41 Å². The third-order valence-electron chi connectivity index (χ3n) is 10.6. The van der Waals surface area contributed by atoms with E-state index >= 15 is 0 Å². The van der Waals surface area contributed by atoms with Gasteiger partial charge in [-0.25, -0.2) is 15.0 Å². The fourth-order valence-corrected chi connectivity index (χ4v) is 8.05. The maximum absolute atomic E-state index is 5.34. The average molecular weight is 667 g/mol. The molecule has 1 aliphatic rings. The number of para-hydroxylation sites is 4. The molecule has 0 amide bonds. The van der Waals surface area contributed by atoms with Gasteiger partial charge in [0, 0.05) is 33.2 Å². The van der Waals surface area contributed by atoms with Crippen molar-refractivity contribution >= 4 is 21.9 Å². The highest BCUT2D eigenvalue weighted by Crippen LogP contribution is 2.51. The molecule has 7 aromatic carbocycles. The number of imidazole rings is 1. The lowest BCUT2D eigenvalue weighted by Crippen LogP contribution is -2.15. The van der Waals surface area contributed by atoms with Crippen molar-refractivity contribution in [2.45, 2.75) is 19.3 Å². The van der Waals surface area contributed by atoms with Gasteiger partial charge in [-0.3, -0.25) is 4.57 Å². The molecular weight excluding hydrogens is 633 g/mol. The molecule has 246 valence electrons. The number of hydrogen-bond donors (Lipinski definition) is 0. The van der Waals surface area contributed by atoms with Gasteiger partial charge in [0.2, 0.25) is 0 Å². The van der Waals surface area contributed by atoms with Crippen molar-refractivity contribution < 1.29 is 0 Å². The molecule has 0 aliphatic heterocycles. The second-order valence-corrected chi connectivity index (χ2v) is 14.1. The molecule has 4 heteroatoms. The van der Waals surface area contributed by atoms with Gasteiger partial charge >= 0.3 is 0 Å². The van der Waals surface area contributed by atoms with Crippen LogP contribution in [0, 0.1) is 0 Å².